The molecule has 0 spiro atoms. The molecule has 1 unspecified atom stereocenters. The van der Waals surface area contributed by atoms with E-state index in [1.807, 2.05) is 0 Å². The van der Waals surface area contributed by atoms with Crippen LogP contribution in [0.25, 0.3) is 5.57 Å². The number of para-hydroxylation sites is 1. The van der Waals surface area contributed by atoms with Crippen molar-refractivity contribution in [3.8, 4) is 0 Å². The second-order valence-corrected chi connectivity index (χ2v) is 7.35. The molecule has 11 heteroatoms. The van der Waals surface area contributed by atoms with E-state index in [1.54, 1.807) is 24.3 Å². The minimum atomic E-state index is -1.19. The Hall–Kier alpha value is -2.76. The molecule has 1 aromatic rings. The van der Waals surface area contributed by atoms with E-state index >= 15 is 0 Å². The Morgan fingerprint density at radius 1 is 1.22 bits per heavy atom. The van der Waals surface area contributed by atoms with E-state index in [1.165, 1.54) is 6.92 Å². The second-order valence-electron chi connectivity index (χ2n) is 5.70. The van der Waals surface area contributed by atoms with Crippen molar-refractivity contribution in [2.45, 2.75) is 13.0 Å². The Bertz CT molecular complexity index is 928. The molecule has 2 amide bonds. The highest BCUT2D eigenvalue weighted by molar-refractivity contribution is 8.26. The maximum Gasteiger partial charge on any atom is 0.323 e. The van der Waals surface area contributed by atoms with Gasteiger partial charge in [-0.2, -0.15) is 0 Å². The number of rotatable bonds is 5. The molecule has 2 heterocycles. The SMILES string of the molecule is CC(NN1C(=O)C(=C2C(=O)N(CC(=O)O)c3ccccc32)SC1=S)C(=O)O. The zero-order chi connectivity index (χ0) is 19.9. The number of hydrazine groups is 1. The van der Waals surface area contributed by atoms with Gasteiger partial charge in [0.05, 0.1) is 16.2 Å². The van der Waals surface area contributed by atoms with Gasteiger partial charge in [0, 0.05) is 5.56 Å². The number of nitrogens with zero attached hydrogens (tertiary/aromatic N) is 2. The summed E-state index contributed by atoms with van der Waals surface area (Å²) in [6.07, 6.45) is 0. The Balaban J connectivity index is 2.04. The number of carbonyl (C=O) groups excluding carboxylic acids is 2. The van der Waals surface area contributed by atoms with Crippen LogP contribution in [-0.2, 0) is 19.2 Å². The number of aliphatic carboxylic acids is 2. The van der Waals surface area contributed by atoms with Crippen LogP contribution in [0.1, 0.15) is 12.5 Å². The van der Waals surface area contributed by atoms with Gasteiger partial charge in [0.15, 0.2) is 4.32 Å². The van der Waals surface area contributed by atoms with Crippen LogP contribution in [-0.4, -0.2) is 55.9 Å². The number of benzene rings is 1. The van der Waals surface area contributed by atoms with Gasteiger partial charge in [-0.05, 0) is 13.0 Å². The summed E-state index contributed by atoms with van der Waals surface area (Å²) in [6.45, 7) is 0.798. The molecule has 0 aromatic heterocycles. The monoisotopic (exact) mass is 407 g/mol. The van der Waals surface area contributed by atoms with Crippen molar-refractivity contribution < 1.29 is 29.4 Å². The van der Waals surface area contributed by atoms with Crippen LogP contribution in [0.5, 0.6) is 0 Å². The molecule has 2 aliphatic heterocycles. The molecule has 0 saturated carbocycles. The van der Waals surface area contributed by atoms with Crippen molar-refractivity contribution >= 4 is 63.3 Å². The maximum atomic E-state index is 12.8. The van der Waals surface area contributed by atoms with Crippen LogP contribution in [0.3, 0.4) is 0 Å². The number of thiocarbonyl (C=S) groups is 1. The number of carboxylic acids is 2. The number of carbonyl (C=O) groups is 4. The van der Waals surface area contributed by atoms with Gasteiger partial charge in [-0.1, -0.05) is 42.2 Å². The van der Waals surface area contributed by atoms with E-state index < -0.39 is 36.3 Å². The van der Waals surface area contributed by atoms with Crippen LogP contribution >= 0.6 is 24.0 Å². The minimum Gasteiger partial charge on any atom is -0.480 e. The van der Waals surface area contributed by atoms with E-state index in [0.29, 0.717) is 11.3 Å². The van der Waals surface area contributed by atoms with E-state index in [-0.39, 0.29) is 14.8 Å². The topological polar surface area (TPSA) is 127 Å². The summed E-state index contributed by atoms with van der Waals surface area (Å²) < 4.78 is 0.0533. The van der Waals surface area contributed by atoms with Crippen LogP contribution < -0.4 is 10.3 Å². The zero-order valence-corrected chi connectivity index (χ0v) is 15.5. The van der Waals surface area contributed by atoms with Crippen LogP contribution in [0.4, 0.5) is 5.69 Å². The molecular weight excluding hydrogens is 394 g/mol. The summed E-state index contributed by atoms with van der Waals surface area (Å²) in [6, 6.07) is 5.46. The number of amides is 2. The summed E-state index contributed by atoms with van der Waals surface area (Å²) >= 11 is 5.99. The summed E-state index contributed by atoms with van der Waals surface area (Å²) in [4.78, 5) is 48.8. The van der Waals surface area contributed by atoms with Gasteiger partial charge >= 0.3 is 11.9 Å². The first-order valence-electron chi connectivity index (χ1n) is 7.65. The first-order chi connectivity index (χ1) is 12.7. The van der Waals surface area contributed by atoms with Gasteiger partial charge < -0.3 is 10.2 Å². The van der Waals surface area contributed by atoms with Crippen LogP contribution in [0.2, 0.25) is 0 Å². The average molecular weight is 407 g/mol. The van der Waals surface area contributed by atoms with E-state index in [2.05, 4.69) is 5.43 Å². The third kappa shape index (κ3) is 3.31. The van der Waals surface area contributed by atoms with Gasteiger partial charge in [0.1, 0.15) is 12.6 Å². The quantitative estimate of drug-likeness (QED) is 0.476. The van der Waals surface area contributed by atoms with Gasteiger partial charge in [0.25, 0.3) is 11.8 Å². The van der Waals surface area contributed by atoms with Crippen molar-refractivity contribution in [3.05, 3.63) is 34.7 Å². The Kier molecular flexibility index (Phi) is 5.00. The second kappa shape index (κ2) is 7.10. The van der Waals surface area contributed by atoms with Gasteiger partial charge in [-0.3, -0.25) is 24.1 Å². The standard InChI is InChI=1S/C16H13N3O6S2/c1-7(15(24)25)17-19-14(23)12(27-16(19)26)11-8-4-2-3-5-9(8)18(13(11)22)6-10(20)21/h2-5,7,17H,6H2,1H3,(H,20,21)(H,24,25). The summed E-state index contributed by atoms with van der Waals surface area (Å²) in [5.41, 5.74) is 3.35. The number of nitrogens with one attached hydrogen (secondary N) is 1. The number of carboxylic acid groups (broad SMARTS) is 2. The fraction of sp³-hybridized carbons (Fsp3) is 0.188. The highest BCUT2D eigenvalue weighted by atomic mass is 32.2. The fourth-order valence-electron chi connectivity index (χ4n) is 2.67. The molecule has 2 aliphatic rings. The smallest absolute Gasteiger partial charge is 0.323 e. The lowest BCUT2D eigenvalue weighted by Crippen LogP contribution is -2.49. The molecule has 0 aliphatic carbocycles. The molecule has 1 aromatic carbocycles. The first-order valence-corrected chi connectivity index (χ1v) is 8.87. The number of anilines is 1. The summed E-state index contributed by atoms with van der Waals surface area (Å²) in [7, 11) is 0. The third-order valence-corrected chi connectivity index (χ3v) is 5.28. The predicted octanol–water partition coefficient (Wildman–Crippen LogP) is 0.667. The zero-order valence-electron chi connectivity index (χ0n) is 13.8. The van der Waals surface area contributed by atoms with Gasteiger partial charge in [-0.15, -0.1) is 0 Å². The first kappa shape index (κ1) is 19.0. The molecule has 1 saturated heterocycles. The summed E-state index contributed by atoms with van der Waals surface area (Å²) in [5.74, 6) is -3.64. The number of hydrogen-bond donors (Lipinski definition) is 3. The number of thioether (sulfide) groups is 1. The number of fused-ring (bicyclic) bond motifs is 1. The molecule has 3 rings (SSSR count). The van der Waals surface area contributed by atoms with Gasteiger partial charge in [-0.25, -0.2) is 10.4 Å². The van der Waals surface area contributed by atoms with Crippen molar-refractivity contribution in [2.24, 2.45) is 0 Å². The van der Waals surface area contributed by atoms with Crippen molar-refractivity contribution in [1.82, 2.24) is 10.4 Å². The highest BCUT2D eigenvalue weighted by Crippen LogP contribution is 2.44. The van der Waals surface area contributed by atoms with Crippen molar-refractivity contribution in [1.29, 1.82) is 0 Å². The molecular formula is C16H13N3O6S2. The molecule has 3 N–H and O–H groups in total. The average Bonchev–Trinajstić information content (AvgIpc) is 3.03. The third-order valence-electron chi connectivity index (χ3n) is 3.91. The van der Waals surface area contributed by atoms with Crippen LogP contribution in [0.15, 0.2) is 29.2 Å². The highest BCUT2D eigenvalue weighted by Gasteiger charge is 2.43. The Morgan fingerprint density at radius 3 is 2.52 bits per heavy atom. The lowest BCUT2D eigenvalue weighted by Gasteiger charge is -2.18. The van der Waals surface area contributed by atoms with E-state index in [4.69, 9.17) is 22.4 Å². The maximum absolute atomic E-state index is 12.8. The minimum absolute atomic E-state index is 0.0235. The molecule has 0 bridgehead atoms. The fourth-order valence-corrected chi connectivity index (χ4v) is 3.94. The van der Waals surface area contributed by atoms with Crippen molar-refractivity contribution in [2.75, 3.05) is 11.4 Å². The normalized spacial score (nSPS) is 20.3. The molecule has 1 fully saturated rings. The molecule has 27 heavy (non-hydrogen) atoms. The Morgan fingerprint density at radius 2 is 1.89 bits per heavy atom. The van der Waals surface area contributed by atoms with E-state index in [9.17, 15) is 19.2 Å². The molecule has 9 nitrogen and oxygen atoms in total. The largest absolute Gasteiger partial charge is 0.480 e. The molecule has 1 atom stereocenters. The Labute approximate surface area is 162 Å². The van der Waals surface area contributed by atoms with Crippen molar-refractivity contribution in [3.63, 3.8) is 0 Å². The molecule has 0 radical (unpaired) electrons. The van der Waals surface area contributed by atoms with E-state index in [0.717, 1.165) is 21.7 Å². The number of hydrogen-bond acceptors (Lipinski definition) is 7. The van der Waals surface area contributed by atoms with Crippen LogP contribution in [0, 0.1) is 0 Å². The molecule has 140 valence electrons. The predicted molar refractivity (Wildman–Crippen MR) is 101 cm³/mol. The van der Waals surface area contributed by atoms with Gasteiger partial charge in [0.2, 0.25) is 0 Å². The summed E-state index contributed by atoms with van der Waals surface area (Å²) in [5, 5.41) is 19.0. The lowest BCUT2D eigenvalue weighted by atomic mass is 10.1. The lowest BCUT2D eigenvalue weighted by molar-refractivity contribution is -0.141.